The minimum atomic E-state index is -3.39. The molecule has 0 atom stereocenters. The molecule has 0 saturated heterocycles. The van der Waals surface area contributed by atoms with Gasteiger partial charge < -0.3 is 5.32 Å². The second kappa shape index (κ2) is 8.39. The standard InChI is InChI=1S/C13H26N4O2S/c1-4-5-6-9-16(3)20(18,19)13-11-15-17(12-13)10-7-8-14-2/h11-12,14H,4-10H2,1-3H3. The molecule has 0 amide bonds. The zero-order valence-electron chi connectivity index (χ0n) is 12.7. The van der Waals surface area contributed by atoms with Crippen molar-refractivity contribution in [2.24, 2.45) is 0 Å². The van der Waals surface area contributed by atoms with Gasteiger partial charge in [-0.3, -0.25) is 4.68 Å². The largest absolute Gasteiger partial charge is 0.320 e. The van der Waals surface area contributed by atoms with Crippen LogP contribution in [0.15, 0.2) is 17.3 Å². The van der Waals surface area contributed by atoms with Gasteiger partial charge in [0.15, 0.2) is 0 Å². The highest BCUT2D eigenvalue weighted by Gasteiger charge is 2.21. The lowest BCUT2D eigenvalue weighted by Crippen LogP contribution is -2.27. The molecule has 7 heteroatoms. The Morgan fingerprint density at radius 1 is 1.35 bits per heavy atom. The van der Waals surface area contributed by atoms with Gasteiger partial charge in [-0.25, -0.2) is 12.7 Å². The summed E-state index contributed by atoms with van der Waals surface area (Å²) < 4.78 is 27.8. The predicted molar refractivity (Wildman–Crippen MR) is 80.1 cm³/mol. The second-order valence-corrected chi connectivity index (χ2v) is 6.97. The van der Waals surface area contributed by atoms with Crippen LogP contribution >= 0.6 is 0 Å². The van der Waals surface area contributed by atoms with Crippen LogP contribution in [-0.4, -0.2) is 49.7 Å². The lowest BCUT2D eigenvalue weighted by Gasteiger charge is -2.15. The SMILES string of the molecule is CCCCCN(C)S(=O)(=O)c1cnn(CCCNC)c1. The van der Waals surface area contributed by atoms with Crippen LogP contribution in [0.4, 0.5) is 0 Å². The van der Waals surface area contributed by atoms with Gasteiger partial charge in [0, 0.05) is 26.3 Å². The molecule has 0 unspecified atom stereocenters. The molecule has 1 heterocycles. The van der Waals surface area contributed by atoms with Gasteiger partial charge in [0.05, 0.1) is 6.20 Å². The van der Waals surface area contributed by atoms with Crippen LogP contribution in [0.3, 0.4) is 0 Å². The summed E-state index contributed by atoms with van der Waals surface area (Å²) in [6.07, 6.45) is 6.99. The summed E-state index contributed by atoms with van der Waals surface area (Å²) in [6.45, 7) is 4.26. The van der Waals surface area contributed by atoms with E-state index in [1.165, 1.54) is 10.5 Å². The van der Waals surface area contributed by atoms with Crippen LogP contribution in [0.1, 0.15) is 32.6 Å². The van der Waals surface area contributed by atoms with Gasteiger partial charge in [0.1, 0.15) is 4.90 Å². The number of hydrogen-bond acceptors (Lipinski definition) is 4. The van der Waals surface area contributed by atoms with E-state index >= 15 is 0 Å². The fraction of sp³-hybridized carbons (Fsp3) is 0.769. The van der Waals surface area contributed by atoms with Gasteiger partial charge in [0.2, 0.25) is 10.0 Å². The van der Waals surface area contributed by atoms with Crippen molar-refractivity contribution in [1.29, 1.82) is 0 Å². The van der Waals surface area contributed by atoms with Crippen molar-refractivity contribution in [3.05, 3.63) is 12.4 Å². The molecular formula is C13H26N4O2S. The van der Waals surface area contributed by atoms with Gasteiger partial charge in [-0.2, -0.15) is 5.10 Å². The first-order chi connectivity index (χ1) is 9.52. The summed E-state index contributed by atoms with van der Waals surface area (Å²) >= 11 is 0. The van der Waals surface area contributed by atoms with Gasteiger partial charge in [-0.15, -0.1) is 0 Å². The Morgan fingerprint density at radius 3 is 2.75 bits per heavy atom. The first-order valence-electron chi connectivity index (χ1n) is 7.15. The van der Waals surface area contributed by atoms with E-state index in [0.29, 0.717) is 6.54 Å². The molecule has 0 bridgehead atoms. The molecule has 1 aromatic rings. The lowest BCUT2D eigenvalue weighted by molar-refractivity contribution is 0.454. The third-order valence-electron chi connectivity index (χ3n) is 3.21. The van der Waals surface area contributed by atoms with Crippen molar-refractivity contribution < 1.29 is 8.42 Å². The molecule has 0 saturated carbocycles. The van der Waals surface area contributed by atoms with Crippen LogP contribution in [-0.2, 0) is 16.6 Å². The third kappa shape index (κ3) is 4.88. The van der Waals surface area contributed by atoms with Crippen LogP contribution < -0.4 is 5.32 Å². The van der Waals surface area contributed by atoms with E-state index in [0.717, 1.165) is 38.8 Å². The Balaban J connectivity index is 2.62. The molecule has 0 aliphatic carbocycles. The van der Waals surface area contributed by atoms with Gasteiger partial charge in [-0.05, 0) is 26.4 Å². The highest BCUT2D eigenvalue weighted by atomic mass is 32.2. The maximum Gasteiger partial charge on any atom is 0.245 e. The predicted octanol–water partition coefficient (Wildman–Crippen LogP) is 1.30. The molecule has 116 valence electrons. The minimum absolute atomic E-state index is 0.279. The monoisotopic (exact) mass is 302 g/mol. The second-order valence-electron chi connectivity index (χ2n) is 4.93. The van der Waals surface area contributed by atoms with E-state index in [1.807, 2.05) is 7.05 Å². The average molecular weight is 302 g/mol. The maximum atomic E-state index is 12.3. The van der Waals surface area contributed by atoms with Gasteiger partial charge in [0.25, 0.3) is 0 Å². The highest BCUT2D eigenvalue weighted by Crippen LogP contribution is 2.14. The van der Waals surface area contributed by atoms with Crippen LogP contribution in [0.2, 0.25) is 0 Å². The number of hydrogen-bond donors (Lipinski definition) is 1. The summed E-state index contributed by atoms with van der Waals surface area (Å²) in [6, 6.07) is 0. The van der Waals surface area contributed by atoms with Crippen LogP contribution in [0, 0.1) is 0 Å². The van der Waals surface area contributed by atoms with Crippen LogP contribution in [0.25, 0.3) is 0 Å². The first-order valence-corrected chi connectivity index (χ1v) is 8.59. The fourth-order valence-corrected chi connectivity index (χ4v) is 3.07. The van der Waals surface area contributed by atoms with Crippen molar-refractivity contribution >= 4 is 10.0 Å². The van der Waals surface area contributed by atoms with Crippen molar-refractivity contribution in [3.63, 3.8) is 0 Å². The Hall–Kier alpha value is -0.920. The van der Waals surface area contributed by atoms with E-state index in [-0.39, 0.29) is 4.90 Å². The zero-order chi connectivity index (χ0) is 15.0. The molecule has 0 aliphatic heterocycles. The van der Waals surface area contributed by atoms with Crippen molar-refractivity contribution in [3.8, 4) is 0 Å². The van der Waals surface area contributed by atoms with Crippen molar-refractivity contribution in [1.82, 2.24) is 19.4 Å². The number of rotatable bonds is 10. The lowest BCUT2D eigenvalue weighted by atomic mass is 10.2. The Kier molecular flexibility index (Phi) is 7.18. The van der Waals surface area contributed by atoms with E-state index < -0.39 is 10.0 Å². The normalized spacial score (nSPS) is 12.2. The number of sulfonamides is 1. The third-order valence-corrected chi connectivity index (χ3v) is 5.02. The molecule has 0 spiro atoms. The van der Waals surface area contributed by atoms with Crippen molar-refractivity contribution in [2.75, 3.05) is 27.2 Å². The Morgan fingerprint density at radius 2 is 2.10 bits per heavy atom. The summed E-state index contributed by atoms with van der Waals surface area (Å²) in [5, 5.41) is 7.17. The number of nitrogens with zero attached hydrogens (tertiary/aromatic N) is 3. The number of unbranched alkanes of at least 4 members (excludes halogenated alkanes) is 2. The number of nitrogens with one attached hydrogen (secondary N) is 1. The molecule has 0 fully saturated rings. The number of aryl methyl sites for hydroxylation is 1. The van der Waals surface area contributed by atoms with Crippen LogP contribution in [0.5, 0.6) is 0 Å². The minimum Gasteiger partial charge on any atom is -0.320 e. The summed E-state index contributed by atoms with van der Waals surface area (Å²) in [7, 11) is 0.127. The molecule has 0 radical (unpaired) electrons. The molecule has 1 N–H and O–H groups in total. The van der Waals surface area contributed by atoms with E-state index in [1.54, 1.807) is 17.9 Å². The molecule has 20 heavy (non-hydrogen) atoms. The summed E-state index contributed by atoms with van der Waals surface area (Å²) in [4.78, 5) is 0.279. The molecule has 1 rings (SSSR count). The Bertz CT molecular complexity index is 484. The summed E-state index contributed by atoms with van der Waals surface area (Å²) in [5.74, 6) is 0. The quantitative estimate of drug-likeness (QED) is 0.662. The van der Waals surface area contributed by atoms with Gasteiger partial charge in [-0.1, -0.05) is 19.8 Å². The zero-order valence-corrected chi connectivity index (χ0v) is 13.5. The fourth-order valence-electron chi connectivity index (χ4n) is 1.90. The highest BCUT2D eigenvalue weighted by molar-refractivity contribution is 7.89. The molecule has 1 aromatic heterocycles. The van der Waals surface area contributed by atoms with E-state index in [2.05, 4.69) is 17.3 Å². The maximum absolute atomic E-state index is 12.3. The topological polar surface area (TPSA) is 67.2 Å². The van der Waals surface area contributed by atoms with Crippen molar-refractivity contribution in [2.45, 2.75) is 44.0 Å². The van der Waals surface area contributed by atoms with E-state index in [9.17, 15) is 8.42 Å². The molecule has 0 aliphatic rings. The average Bonchev–Trinajstić information content (AvgIpc) is 2.88. The molecule has 0 aromatic carbocycles. The van der Waals surface area contributed by atoms with E-state index in [4.69, 9.17) is 0 Å². The summed E-state index contributed by atoms with van der Waals surface area (Å²) in [5.41, 5.74) is 0. The Labute approximate surface area is 122 Å². The number of aromatic nitrogens is 2. The smallest absolute Gasteiger partial charge is 0.245 e. The first kappa shape index (κ1) is 17.1. The molecule has 6 nitrogen and oxygen atoms in total. The van der Waals surface area contributed by atoms with Gasteiger partial charge >= 0.3 is 0 Å². The molecular weight excluding hydrogens is 276 g/mol.